The van der Waals surface area contributed by atoms with E-state index in [1.54, 1.807) is 25.1 Å². The van der Waals surface area contributed by atoms with E-state index in [0.29, 0.717) is 16.8 Å². The third kappa shape index (κ3) is 3.72. The highest BCUT2D eigenvalue weighted by molar-refractivity contribution is 7.92. The van der Waals surface area contributed by atoms with Crippen LogP contribution in [0.1, 0.15) is 41.6 Å². The maximum Gasteiger partial charge on any atom is 0.251 e. The molecule has 0 spiro atoms. The van der Waals surface area contributed by atoms with Crippen molar-refractivity contribution < 1.29 is 13.2 Å². The fraction of sp³-hybridized carbons (Fsp3) is 0.500. The van der Waals surface area contributed by atoms with E-state index in [1.165, 1.54) is 0 Å². The molecule has 0 unspecified atom stereocenters. The molecule has 2 rings (SSSR count). The monoisotopic (exact) mass is 296 g/mol. The second kappa shape index (κ2) is 5.83. The molecule has 0 heterocycles. The van der Waals surface area contributed by atoms with Gasteiger partial charge in [0.25, 0.3) is 5.91 Å². The maximum atomic E-state index is 12.3. The summed E-state index contributed by atoms with van der Waals surface area (Å²) in [6, 6.07) is 5.30. The average Bonchev–Trinajstić information content (AvgIpc) is 2.83. The van der Waals surface area contributed by atoms with Gasteiger partial charge >= 0.3 is 0 Å². The summed E-state index contributed by atoms with van der Waals surface area (Å²) in [5.74, 6) is -0.133. The van der Waals surface area contributed by atoms with Crippen LogP contribution in [0.15, 0.2) is 18.2 Å². The summed E-state index contributed by atoms with van der Waals surface area (Å²) >= 11 is 0. The van der Waals surface area contributed by atoms with Gasteiger partial charge in [0.15, 0.2) is 0 Å². The lowest BCUT2D eigenvalue weighted by molar-refractivity contribution is 0.0937. The molecule has 20 heavy (non-hydrogen) atoms. The highest BCUT2D eigenvalue weighted by Crippen LogP contribution is 2.22. The lowest BCUT2D eigenvalue weighted by atomic mass is 10.1. The molecule has 6 heteroatoms. The van der Waals surface area contributed by atoms with Gasteiger partial charge in [-0.3, -0.25) is 9.52 Å². The largest absolute Gasteiger partial charge is 0.349 e. The zero-order valence-electron chi connectivity index (χ0n) is 11.8. The number of carbonyl (C=O) groups is 1. The molecule has 1 aliphatic rings. The number of benzene rings is 1. The minimum absolute atomic E-state index is 0.133. The lowest BCUT2D eigenvalue weighted by Gasteiger charge is -2.15. The Kier molecular flexibility index (Phi) is 4.32. The second-order valence-corrected chi connectivity index (χ2v) is 7.06. The highest BCUT2D eigenvalue weighted by Gasteiger charge is 2.20. The fourth-order valence-electron chi connectivity index (χ4n) is 2.53. The molecule has 0 aromatic heterocycles. The van der Waals surface area contributed by atoms with Gasteiger partial charge < -0.3 is 5.32 Å². The summed E-state index contributed by atoms with van der Waals surface area (Å²) in [4.78, 5) is 12.3. The number of anilines is 1. The first-order valence-corrected chi connectivity index (χ1v) is 8.64. The highest BCUT2D eigenvalue weighted by atomic mass is 32.2. The van der Waals surface area contributed by atoms with Crippen LogP contribution in [0.3, 0.4) is 0 Å². The smallest absolute Gasteiger partial charge is 0.251 e. The van der Waals surface area contributed by atoms with Crippen molar-refractivity contribution in [3.05, 3.63) is 29.3 Å². The predicted octanol–water partition coefficient (Wildman–Crippen LogP) is 2.04. The van der Waals surface area contributed by atoms with E-state index in [2.05, 4.69) is 10.0 Å². The number of nitrogens with one attached hydrogen (secondary N) is 2. The molecule has 110 valence electrons. The predicted molar refractivity (Wildman–Crippen MR) is 79.4 cm³/mol. The van der Waals surface area contributed by atoms with Gasteiger partial charge in [0.2, 0.25) is 10.0 Å². The number of carbonyl (C=O) groups excluding carboxylic acids is 1. The van der Waals surface area contributed by atoms with Crippen molar-refractivity contribution in [1.82, 2.24) is 5.32 Å². The van der Waals surface area contributed by atoms with E-state index in [-0.39, 0.29) is 11.9 Å². The van der Waals surface area contributed by atoms with Crippen molar-refractivity contribution in [2.45, 2.75) is 38.6 Å². The van der Waals surface area contributed by atoms with Crippen LogP contribution < -0.4 is 10.0 Å². The van der Waals surface area contributed by atoms with Crippen LogP contribution in [-0.2, 0) is 10.0 Å². The molecular weight excluding hydrogens is 276 g/mol. The molecule has 0 bridgehead atoms. The SMILES string of the molecule is Cc1c(NS(C)(=O)=O)cccc1C(=O)NC1CCCC1. The van der Waals surface area contributed by atoms with Gasteiger partial charge in [-0.1, -0.05) is 18.9 Å². The van der Waals surface area contributed by atoms with Crippen molar-refractivity contribution in [3.8, 4) is 0 Å². The van der Waals surface area contributed by atoms with E-state index in [1.807, 2.05) is 0 Å². The molecule has 1 fully saturated rings. The van der Waals surface area contributed by atoms with Gasteiger partial charge in [-0.2, -0.15) is 0 Å². The molecule has 1 amide bonds. The Labute approximate surface area is 119 Å². The van der Waals surface area contributed by atoms with E-state index in [4.69, 9.17) is 0 Å². The topological polar surface area (TPSA) is 75.3 Å². The van der Waals surface area contributed by atoms with E-state index in [9.17, 15) is 13.2 Å². The summed E-state index contributed by atoms with van der Waals surface area (Å²) < 4.78 is 25.0. The van der Waals surface area contributed by atoms with Gasteiger partial charge in [0.1, 0.15) is 0 Å². The Morgan fingerprint density at radius 1 is 1.25 bits per heavy atom. The van der Waals surface area contributed by atoms with Crippen LogP contribution in [0.4, 0.5) is 5.69 Å². The lowest BCUT2D eigenvalue weighted by Crippen LogP contribution is -2.33. The third-order valence-electron chi connectivity index (χ3n) is 3.56. The molecular formula is C14H20N2O3S. The first-order chi connectivity index (χ1) is 9.37. The number of hydrogen-bond acceptors (Lipinski definition) is 3. The fourth-order valence-corrected chi connectivity index (χ4v) is 3.15. The zero-order chi connectivity index (χ0) is 14.8. The van der Waals surface area contributed by atoms with Crippen LogP contribution in [0, 0.1) is 6.92 Å². The molecule has 2 N–H and O–H groups in total. The van der Waals surface area contributed by atoms with Gasteiger partial charge in [0.05, 0.1) is 11.9 Å². The number of sulfonamides is 1. The Morgan fingerprint density at radius 2 is 1.90 bits per heavy atom. The van der Waals surface area contributed by atoms with Crippen molar-refractivity contribution in [3.63, 3.8) is 0 Å². The molecule has 1 aliphatic carbocycles. The zero-order valence-corrected chi connectivity index (χ0v) is 12.6. The van der Waals surface area contributed by atoms with E-state index >= 15 is 0 Å². The summed E-state index contributed by atoms with van der Waals surface area (Å²) in [6.07, 6.45) is 5.44. The summed E-state index contributed by atoms with van der Waals surface area (Å²) in [7, 11) is -3.35. The van der Waals surface area contributed by atoms with Crippen molar-refractivity contribution in [1.29, 1.82) is 0 Å². The standard InChI is InChI=1S/C14H20N2O3S/c1-10-12(14(17)15-11-6-3-4-7-11)8-5-9-13(10)16-20(2,18)19/h5,8-9,11,16H,3-4,6-7H2,1-2H3,(H,15,17). The molecule has 1 saturated carbocycles. The van der Waals surface area contributed by atoms with E-state index in [0.717, 1.165) is 31.9 Å². The third-order valence-corrected chi connectivity index (χ3v) is 4.15. The Hall–Kier alpha value is -1.56. The summed E-state index contributed by atoms with van der Waals surface area (Å²) in [6.45, 7) is 1.75. The molecule has 1 aromatic carbocycles. The minimum atomic E-state index is -3.35. The minimum Gasteiger partial charge on any atom is -0.349 e. The van der Waals surface area contributed by atoms with Gasteiger partial charge in [-0.15, -0.1) is 0 Å². The first-order valence-electron chi connectivity index (χ1n) is 6.75. The van der Waals surface area contributed by atoms with Crippen LogP contribution in [0.5, 0.6) is 0 Å². The first kappa shape index (κ1) is 14.8. The van der Waals surface area contributed by atoms with Gasteiger partial charge in [-0.05, 0) is 37.5 Å². The van der Waals surface area contributed by atoms with Crippen LogP contribution >= 0.6 is 0 Å². The second-order valence-electron chi connectivity index (χ2n) is 5.31. The Morgan fingerprint density at radius 3 is 2.50 bits per heavy atom. The molecule has 0 aliphatic heterocycles. The maximum absolute atomic E-state index is 12.3. The molecule has 1 aromatic rings. The van der Waals surface area contributed by atoms with Crippen molar-refractivity contribution in [2.75, 3.05) is 11.0 Å². The van der Waals surface area contributed by atoms with Crippen molar-refractivity contribution in [2.24, 2.45) is 0 Å². The Bertz CT molecular complexity index is 605. The summed E-state index contributed by atoms with van der Waals surface area (Å²) in [5, 5.41) is 3.01. The van der Waals surface area contributed by atoms with Crippen LogP contribution in [0.25, 0.3) is 0 Å². The van der Waals surface area contributed by atoms with Crippen molar-refractivity contribution >= 4 is 21.6 Å². The molecule has 0 atom stereocenters. The van der Waals surface area contributed by atoms with Gasteiger partial charge in [-0.25, -0.2) is 8.42 Å². The normalized spacial score (nSPS) is 16.1. The van der Waals surface area contributed by atoms with Crippen LogP contribution in [0.2, 0.25) is 0 Å². The quantitative estimate of drug-likeness (QED) is 0.892. The number of amides is 1. The van der Waals surface area contributed by atoms with Crippen LogP contribution in [-0.4, -0.2) is 26.6 Å². The Balaban J connectivity index is 2.19. The molecule has 5 nitrogen and oxygen atoms in total. The molecule has 0 radical (unpaired) electrons. The van der Waals surface area contributed by atoms with E-state index < -0.39 is 10.0 Å². The summed E-state index contributed by atoms with van der Waals surface area (Å²) in [5.41, 5.74) is 1.62. The molecule has 0 saturated heterocycles. The average molecular weight is 296 g/mol. The number of rotatable bonds is 4. The number of hydrogen-bond donors (Lipinski definition) is 2. The van der Waals surface area contributed by atoms with Gasteiger partial charge in [0, 0.05) is 11.6 Å².